The van der Waals surface area contributed by atoms with E-state index in [0.29, 0.717) is 12.3 Å². The monoisotopic (exact) mass is 141 g/mol. The van der Waals surface area contributed by atoms with Crippen LogP contribution in [0, 0.1) is 0 Å². The van der Waals surface area contributed by atoms with Crippen LogP contribution in [0.2, 0.25) is 0 Å². The van der Waals surface area contributed by atoms with E-state index in [1.54, 1.807) is 7.05 Å². The molecule has 0 amide bonds. The summed E-state index contributed by atoms with van der Waals surface area (Å²) < 4.78 is 0. The number of hydrogen-bond donors (Lipinski definition) is 1. The average Bonchev–Trinajstić information content (AvgIpc) is 1.98. The molecule has 0 aromatic rings. The van der Waals surface area contributed by atoms with Crippen LogP contribution in [0.5, 0.6) is 0 Å². The molecule has 0 saturated carbocycles. The molecule has 0 fully saturated rings. The minimum atomic E-state index is 0.573. The van der Waals surface area contributed by atoms with Crippen LogP contribution in [0.1, 0.15) is 13.3 Å². The summed E-state index contributed by atoms with van der Waals surface area (Å²) in [5, 5.41) is 14.3. The fourth-order valence-corrected chi connectivity index (χ4v) is 0.377. The van der Waals surface area contributed by atoms with E-state index in [-0.39, 0.29) is 0 Å². The molecular formula is C5H11N5. The van der Waals surface area contributed by atoms with Crippen molar-refractivity contribution in [2.45, 2.75) is 13.3 Å². The van der Waals surface area contributed by atoms with Crippen LogP contribution in [0.3, 0.4) is 0 Å². The molecule has 0 aliphatic rings. The van der Waals surface area contributed by atoms with Crippen LogP contribution < -0.4 is 5.73 Å². The summed E-state index contributed by atoms with van der Waals surface area (Å²) in [5.41, 5.74) is 4.96. The second-order valence-corrected chi connectivity index (χ2v) is 1.43. The molecule has 0 aliphatic heterocycles. The maximum Gasteiger partial charge on any atom is 0.172 e. The topological polar surface area (TPSA) is 75.5 Å². The number of nitrogens with zero attached hydrogens (tertiary/aromatic N) is 4. The van der Waals surface area contributed by atoms with E-state index in [1.807, 2.05) is 6.92 Å². The molecule has 0 bridgehead atoms. The lowest BCUT2D eigenvalue weighted by molar-refractivity contribution is 1.09. The summed E-state index contributed by atoms with van der Waals surface area (Å²) in [6, 6.07) is 0. The Kier molecular flexibility index (Phi) is 5.13. The minimum Gasteiger partial charge on any atom is -0.388 e. The molecule has 10 heavy (non-hydrogen) atoms. The maximum atomic E-state index is 4.96. The van der Waals surface area contributed by atoms with E-state index >= 15 is 0 Å². The molecule has 0 radical (unpaired) electrons. The van der Waals surface area contributed by atoms with Gasteiger partial charge in [0.25, 0.3) is 0 Å². The molecule has 0 aromatic heterocycles. The van der Waals surface area contributed by atoms with Crippen LogP contribution in [0.15, 0.2) is 20.4 Å². The molecule has 0 aliphatic carbocycles. The van der Waals surface area contributed by atoms with E-state index in [2.05, 4.69) is 20.4 Å². The zero-order valence-corrected chi connectivity index (χ0v) is 6.15. The standard InChI is InChI=1S/C5H11N5/c1-3-5(9-7-2)10-8-4-6/h4H,3H2,1-2H3,(H2,6,8). The molecular weight excluding hydrogens is 130 g/mol. The van der Waals surface area contributed by atoms with Gasteiger partial charge in [-0.3, -0.25) is 0 Å². The smallest absolute Gasteiger partial charge is 0.172 e. The fraction of sp³-hybridized carbons (Fsp3) is 0.600. The van der Waals surface area contributed by atoms with E-state index in [1.165, 1.54) is 0 Å². The van der Waals surface area contributed by atoms with Crippen molar-refractivity contribution in [1.82, 2.24) is 0 Å². The van der Waals surface area contributed by atoms with Crippen LogP contribution in [0.4, 0.5) is 0 Å². The van der Waals surface area contributed by atoms with Crippen molar-refractivity contribution in [1.29, 1.82) is 0 Å². The van der Waals surface area contributed by atoms with E-state index in [4.69, 9.17) is 5.73 Å². The summed E-state index contributed by atoms with van der Waals surface area (Å²) in [6.07, 6.45) is 1.82. The van der Waals surface area contributed by atoms with Crippen LogP contribution >= 0.6 is 0 Å². The van der Waals surface area contributed by atoms with Crippen LogP contribution in [-0.4, -0.2) is 19.2 Å². The predicted molar refractivity (Wildman–Crippen MR) is 41.2 cm³/mol. The highest BCUT2D eigenvalue weighted by Crippen LogP contribution is 1.88. The van der Waals surface area contributed by atoms with E-state index in [9.17, 15) is 0 Å². The summed E-state index contributed by atoms with van der Waals surface area (Å²) in [4.78, 5) is 0. The molecule has 0 spiro atoms. The lowest BCUT2D eigenvalue weighted by Crippen LogP contribution is -1.91. The lowest BCUT2D eigenvalue weighted by Gasteiger charge is -1.86. The van der Waals surface area contributed by atoms with Crippen molar-refractivity contribution < 1.29 is 0 Å². The van der Waals surface area contributed by atoms with Crippen molar-refractivity contribution in [3.8, 4) is 0 Å². The molecule has 0 rings (SSSR count). The third-order valence-electron chi connectivity index (χ3n) is 0.771. The normalized spacial score (nSPS) is 13.6. The number of azo groups is 1. The largest absolute Gasteiger partial charge is 0.388 e. The van der Waals surface area contributed by atoms with E-state index < -0.39 is 0 Å². The number of hydrogen-bond acceptors (Lipinski definition) is 3. The Hall–Kier alpha value is -1.26. The second-order valence-electron chi connectivity index (χ2n) is 1.43. The first-order chi connectivity index (χ1) is 4.85. The number of nitrogens with two attached hydrogens (primary N) is 1. The van der Waals surface area contributed by atoms with Crippen LogP contribution in [-0.2, 0) is 0 Å². The predicted octanol–water partition coefficient (Wildman–Crippen LogP) is 0.779. The van der Waals surface area contributed by atoms with Gasteiger partial charge in [0.15, 0.2) is 5.84 Å². The van der Waals surface area contributed by atoms with Crippen molar-refractivity contribution in [2.24, 2.45) is 26.2 Å². The third kappa shape index (κ3) is 3.71. The Labute approximate surface area is 59.7 Å². The molecule has 0 heterocycles. The number of amidine groups is 1. The first-order valence-electron chi connectivity index (χ1n) is 2.95. The van der Waals surface area contributed by atoms with Crippen LogP contribution in [0.25, 0.3) is 0 Å². The Morgan fingerprint density at radius 2 is 2.30 bits per heavy atom. The first kappa shape index (κ1) is 8.74. The zero-order valence-electron chi connectivity index (χ0n) is 6.15. The van der Waals surface area contributed by atoms with Crippen molar-refractivity contribution in [3.63, 3.8) is 0 Å². The highest BCUT2D eigenvalue weighted by molar-refractivity contribution is 5.82. The Balaban J connectivity index is 4.04. The van der Waals surface area contributed by atoms with Gasteiger partial charge in [0, 0.05) is 13.5 Å². The lowest BCUT2D eigenvalue weighted by atomic mass is 10.5. The van der Waals surface area contributed by atoms with Gasteiger partial charge >= 0.3 is 0 Å². The quantitative estimate of drug-likeness (QED) is 0.262. The molecule has 5 nitrogen and oxygen atoms in total. The van der Waals surface area contributed by atoms with Gasteiger partial charge in [-0.05, 0) is 0 Å². The van der Waals surface area contributed by atoms with Gasteiger partial charge in [-0.2, -0.15) is 5.11 Å². The second kappa shape index (κ2) is 5.87. The van der Waals surface area contributed by atoms with Gasteiger partial charge in [-0.1, -0.05) is 6.92 Å². The molecule has 0 aromatic carbocycles. The molecule has 56 valence electrons. The Bertz CT molecular complexity index is 157. The van der Waals surface area contributed by atoms with Gasteiger partial charge in [0.2, 0.25) is 0 Å². The Morgan fingerprint density at radius 1 is 1.60 bits per heavy atom. The SMILES string of the molecule is CCC(N=NC)=N/N=C/N. The molecule has 0 atom stereocenters. The summed E-state index contributed by atoms with van der Waals surface area (Å²) in [5.74, 6) is 0.573. The van der Waals surface area contributed by atoms with Crippen molar-refractivity contribution in [2.75, 3.05) is 7.05 Å². The summed E-state index contributed by atoms with van der Waals surface area (Å²) in [7, 11) is 1.58. The van der Waals surface area contributed by atoms with E-state index in [0.717, 1.165) is 6.34 Å². The van der Waals surface area contributed by atoms with Gasteiger partial charge < -0.3 is 5.73 Å². The molecule has 0 saturated heterocycles. The first-order valence-corrected chi connectivity index (χ1v) is 2.95. The van der Waals surface area contributed by atoms with Crippen molar-refractivity contribution >= 4 is 12.2 Å². The third-order valence-corrected chi connectivity index (χ3v) is 0.771. The van der Waals surface area contributed by atoms with Crippen molar-refractivity contribution in [3.05, 3.63) is 0 Å². The van der Waals surface area contributed by atoms with Gasteiger partial charge in [-0.25, -0.2) is 0 Å². The van der Waals surface area contributed by atoms with Gasteiger partial charge in [-0.15, -0.1) is 15.3 Å². The average molecular weight is 141 g/mol. The minimum absolute atomic E-state index is 0.573. The summed E-state index contributed by atoms with van der Waals surface area (Å²) >= 11 is 0. The summed E-state index contributed by atoms with van der Waals surface area (Å²) in [6.45, 7) is 1.92. The highest BCUT2D eigenvalue weighted by atomic mass is 15.3. The number of rotatable bonds is 2. The van der Waals surface area contributed by atoms with Gasteiger partial charge in [0.1, 0.15) is 6.34 Å². The zero-order chi connectivity index (χ0) is 7.82. The maximum absolute atomic E-state index is 4.96. The highest BCUT2D eigenvalue weighted by Gasteiger charge is 1.88. The fourth-order valence-electron chi connectivity index (χ4n) is 0.377. The molecule has 2 N–H and O–H groups in total. The molecule has 0 unspecified atom stereocenters. The Morgan fingerprint density at radius 3 is 2.70 bits per heavy atom. The van der Waals surface area contributed by atoms with Gasteiger partial charge in [0.05, 0.1) is 0 Å². The molecule has 5 heteroatoms.